The molecule has 1 rings (SSSR count). The van der Waals surface area contributed by atoms with Crippen LogP contribution in [0.4, 0.5) is 8.78 Å². The first-order chi connectivity index (χ1) is 5.55. The molecule has 0 heterocycles. The van der Waals surface area contributed by atoms with Gasteiger partial charge in [-0.25, -0.2) is 0 Å². The number of benzene rings is 1. The molecule has 0 aliphatic heterocycles. The maximum atomic E-state index is 12.0. The predicted octanol–water partition coefficient (Wildman–Crippen LogP) is 3.02. The Morgan fingerprint density at radius 2 is 1.58 bits per heavy atom. The van der Waals surface area contributed by atoms with E-state index in [1.165, 1.54) is 24.3 Å². The lowest BCUT2D eigenvalue weighted by Crippen LogP contribution is -2.07. The van der Waals surface area contributed by atoms with Gasteiger partial charge in [0.05, 0.1) is 4.90 Å². The van der Waals surface area contributed by atoms with Gasteiger partial charge in [-0.3, -0.25) is 9.11 Å². The van der Waals surface area contributed by atoms with E-state index in [2.05, 4.69) is 0 Å². The first kappa shape index (κ1) is 9.44. The van der Waals surface area contributed by atoms with Gasteiger partial charge in [0.1, 0.15) is 0 Å². The van der Waals surface area contributed by atoms with Crippen LogP contribution in [0, 0.1) is 0 Å². The first-order valence-corrected chi connectivity index (χ1v) is 4.76. The zero-order valence-electron chi connectivity index (χ0n) is 6.02. The summed E-state index contributed by atoms with van der Waals surface area (Å²) in [6, 6.07) is 7.10. The minimum absolute atomic E-state index is 0.125. The average molecular weight is 194 g/mol. The van der Waals surface area contributed by atoms with Crippen molar-refractivity contribution in [1.29, 1.82) is 0 Å². The van der Waals surface area contributed by atoms with Crippen LogP contribution < -0.4 is 0 Å². The molecule has 68 valence electrons. The number of hydrogen-bond donors (Lipinski definition) is 2. The number of halogens is 2. The van der Waals surface area contributed by atoms with Crippen molar-refractivity contribution in [3.8, 4) is 0 Å². The Balaban J connectivity index is 2.98. The van der Waals surface area contributed by atoms with Crippen LogP contribution in [-0.2, 0) is 0 Å². The van der Waals surface area contributed by atoms with Crippen LogP contribution in [0.5, 0.6) is 0 Å². The molecule has 12 heavy (non-hydrogen) atoms. The summed E-state index contributed by atoms with van der Waals surface area (Å²) < 4.78 is 42.0. The fraction of sp³-hybridized carbons (Fsp3) is 0.143. The minimum atomic E-state index is -3.91. The molecule has 1 aromatic carbocycles. The molecule has 0 radical (unpaired) electrons. The smallest absolute Gasteiger partial charge is 0.290 e. The molecule has 0 saturated carbocycles. The van der Waals surface area contributed by atoms with E-state index in [1.807, 2.05) is 0 Å². The van der Waals surface area contributed by atoms with Gasteiger partial charge in [-0.1, -0.05) is 18.2 Å². The Labute approximate surface area is 70.2 Å². The average Bonchev–Trinajstić information content (AvgIpc) is 2.06. The second-order valence-corrected chi connectivity index (χ2v) is 4.18. The highest BCUT2D eigenvalue weighted by Crippen LogP contribution is 2.53. The van der Waals surface area contributed by atoms with E-state index < -0.39 is 16.3 Å². The third-order valence-electron chi connectivity index (χ3n) is 1.34. The molecule has 2 nitrogen and oxygen atoms in total. The van der Waals surface area contributed by atoms with Crippen LogP contribution in [0.3, 0.4) is 0 Å². The topological polar surface area (TPSA) is 40.5 Å². The predicted molar refractivity (Wildman–Crippen MR) is 43.6 cm³/mol. The van der Waals surface area contributed by atoms with Crippen molar-refractivity contribution in [3.05, 3.63) is 30.3 Å². The molecule has 0 spiro atoms. The van der Waals surface area contributed by atoms with E-state index in [-0.39, 0.29) is 4.90 Å². The zero-order valence-corrected chi connectivity index (χ0v) is 6.84. The van der Waals surface area contributed by atoms with Crippen molar-refractivity contribution in [3.63, 3.8) is 0 Å². The van der Waals surface area contributed by atoms with Crippen molar-refractivity contribution in [2.24, 2.45) is 0 Å². The van der Waals surface area contributed by atoms with Gasteiger partial charge in [-0.05, 0) is 12.1 Å². The van der Waals surface area contributed by atoms with E-state index >= 15 is 0 Å². The van der Waals surface area contributed by atoms with Gasteiger partial charge in [-0.15, -0.1) is 10.6 Å². The quantitative estimate of drug-likeness (QED) is 0.759. The summed E-state index contributed by atoms with van der Waals surface area (Å²) in [5, 5.41) is 0. The molecule has 1 aromatic rings. The monoisotopic (exact) mass is 194 g/mol. The van der Waals surface area contributed by atoms with Crippen LogP contribution in [0.1, 0.15) is 0 Å². The molecule has 0 aromatic heterocycles. The summed E-state index contributed by atoms with van der Waals surface area (Å²) >= 11 is 0. The Morgan fingerprint density at radius 1 is 1.08 bits per heavy atom. The molecule has 0 saturated heterocycles. The van der Waals surface area contributed by atoms with Crippen molar-refractivity contribution in [2.45, 2.75) is 10.7 Å². The highest BCUT2D eigenvalue weighted by atomic mass is 32.3. The van der Waals surface area contributed by atoms with E-state index in [0.29, 0.717) is 0 Å². The molecule has 0 bridgehead atoms. The summed E-state index contributed by atoms with van der Waals surface area (Å²) in [7, 11) is -3.91. The van der Waals surface area contributed by atoms with Gasteiger partial charge in [0.25, 0.3) is 0 Å². The number of alkyl halides is 2. The highest BCUT2D eigenvalue weighted by molar-refractivity contribution is 8.24. The number of rotatable bonds is 2. The molecule has 0 amide bonds. The minimum Gasteiger partial charge on any atom is -0.290 e. The van der Waals surface area contributed by atoms with Crippen LogP contribution in [0.2, 0.25) is 0 Å². The molecular weight excluding hydrogens is 186 g/mol. The van der Waals surface area contributed by atoms with E-state index in [1.54, 1.807) is 6.07 Å². The van der Waals surface area contributed by atoms with E-state index in [9.17, 15) is 8.78 Å². The fourth-order valence-corrected chi connectivity index (χ4v) is 1.49. The molecule has 5 heteroatoms. The molecule has 0 atom stereocenters. The van der Waals surface area contributed by atoms with Crippen LogP contribution >= 0.6 is 10.6 Å². The maximum Gasteiger partial charge on any atom is 0.331 e. The summed E-state index contributed by atoms with van der Waals surface area (Å²) in [5.74, 6) is -3.13. The fourth-order valence-electron chi connectivity index (χ4n) is 0.724. The lowest BCUT2D eigenvalue weighted by atomic mass is 10.4. The summed E-state index contributed by atoms with van der Waals surface area (Å²) in [6.45, 7) is 0. The summed E-state index contributed by atoms with van der Waals surface area (Å²) in [4.78, 5) is -0.125. The third kappa shape index (κ3) is 1.74. The molecule has 0 aliphatic carbocycles. The molecule has 2 N–H and O–H groups in total. The lowest BCUT2D eigenvalue weighted by Gasteiger charge is -2.30. The SMILES string of the molecule is OS(O)(c1ccccc1)C(F)F. The van der Waals surface area contributed by atoms with E-state index in [0.717, 1.165) is 0 Å². The van der Waals surface area contributed by atoms with Gasteiger partial charge in [0.2, 0.25) is 0 Å². The summed E-state index contributed by atoms with van der Waals surface area (Å²) in [6.07, 6.45) is 0. The van der Waals surface area contributed by atoms with E-state index in [4.69, 9.17) is 9.11 Å². The van der Waals surface area contributed by atoms with Crippen molar-refractivity contribution in [1.82, 2.24) is 0 Å². The third-order valence-corrected chi connectivity index (χ3v) is 2.80. The number of hydrogen-bond acceptors (Lipinski definition) is 2. The molecule has 0 fully saturated rings. The normalized spacial score (nSPS) is 13.4. The molecule has 0 aliphatic rings. The van der Waals surface area contributed by atoms with Gasteiger partial charge in [0, 0.05) is 0 Å². The van der Waals surface area contributed by atoms with Crippen molar-refractivity contribution in [2.75, 3.05) is 0 Å². The Bertz CT molecular complexity index is 251. The van der Waals surface area contributed by atoms with Gasteiger partial charge < -0.3 is 0 Å². The molecule has 0 unspecified atom stereocenters. The van der Waals surface area contributed by atoms with Crippen molar-refractivity contribution >= 4 is 10.6 Å². The van der Waals surface area contributed by atoms with Gasteiger partial charge in [-0.2, -0.15) is 8.78 Å². The second kappa shape index (κ2) is 3.38. The standard InChI is InChI=1S/C7H8F2O2S/c8-7(9)12(10,11)6-4-2-1-3-5-6/h1-5,7,10-11H. The maximum absolute atomic E-state index is 12.0. The Kier molecular flexibility index (Phi) is 2.66. The Hall–Kier alpha value is -0.650. The lowest BCUT2D eigenvalue weighted by molar-refractivity contribution is 0.215. The zero-order chi connectivity index (χ0) is 9.19. The summed E-state index contributed by atoms with van der Waals surface area (Å²) in [5.41, 5.74) is 0. The largest absolute Gasteiger partial charge is 0.331 e. The Morgan fingerprint density at radius 3 is 2.00 bits per heavy atom. The van der Waals surface area contributed by atoms with Crippen LogP contribution in [0.15, 0.2) is 35.2 Å². The van der Waals surface area contributed by atoms with Crippen LogP contribution in [-0.4, -0.2) is 14.9 Å². The van der Waals surface area contributed by atoms with Gasteiger partial charge in [0.15, 0.2) is 0 Å². The second-order valence-electron chi connectivity index (χ2n) is 2.17. The van der Waals surface area contributed by atoms with Gasteiger partial charge >= 0.3 is 5.76 Å². The molecular formula is C7H8F2O2S. The highest BCUT2D eigenvalue weighted by Gasteiger charge is 2.26. The van der Waals surface area contributed by atoms with Crippen LogP contribution in [0.25, 0.3) is 0 Å². The first-order valence-electron chi connectivity index (χ1n) is 3.15. The van der Waals surface area contributed by atoms with Crippen molar-refractivity contribution < 1.29 is 17.9 Å².